The Morgan fingerprint density at radius 3 is 2.80 bits per heavy atom. The molecule has 2 amide bonds. The van der Waals surface area contributed by atoms with Crippen LogP contribution in [0.15, 0.2) is 30.5 Å². The van der Waals surface area contributed by atoms with E-state index in [2.05, 4.69) is 10.3 Å². The summed E-state index contributed by atoms with van der Waals surface area (Å²) in [6, 6.07) is 7.46. The summed E-state index contributed by atoms with van der Waals surface area (Å²) in [6.45, 7) is 1.68. The molecule has 0 bridgehead atoms. The molecular formula is C15H17N3O2. The van der Waals surface area contributed by atoms with Gasteiger partial charge in [-0.25, -0.2) is 0 Å². The van der Waals surface area contributed by atoms with Gasteiger partial charge in [-0.1, -0.05) is 12.1 Å². The first-order chi connectivity index (χ1) is 9.75. The highest BCUT2D eigenvalue weighted by Crippen LogP contribution is 2.16. The van der Waals surface area contributed by atoms with Crippen LogP contribution in [0.4, 0.5) is 0 Å². The number of fused-ring (bicyclic) bond motifs is 1. The standard InChI is InChI=1S/C15H17N3O2/c19-13(18-8-1-2-9-18)10-17-15(20)12-5-3-4-11-6-7-16-14(11)12/h3-7,16H,1-2,8-10H2,(H,17,20). The Kier molecular flexibility index (Phi) is 3.41. The number of hydrogen-bond donors (Lipinski definition) is 2. The lowest BCUT2D eigenvalue weighted by Gasteiger charge is -2.15. The largest absolute Gasteiger partial charge is 0.361 e. The molecule has 2 heterocycles. The summed E-state index contributed by atoms with van der Waals surface area (Å²) in [6.07, 6.45) is 3.92. The number of hydrogen-bond acceptors (Lipinski definition) is 2. The predicted octanol–water partition coefficient (Wildman–Crippen LogP) is 1.52. The minimum Gasteiger partial charge on any atom is -0.361 e. The summed E-state index contributed by atoms with van der Waals surface area (Å²) in [5.41, 5.74) is 1.38. The van der Waals surface area contributed by atoms with Gasteiger partial charge in [0, 0.05) is 24.7 Å². The van der Waals surface area contributed by atoms with Crippen LogP contribution in [-0.4, -0.2) is 41.3 Å². The van der Waals surface area contributed by atoms with Crippen molar-refractivity contribution >= 4 is 22.7 Å². The Morgan fingerprint density at radius 2 is 2.00 bits per heavy atom. The third kappa shape index (κ3) is 2.39. The highest BCUT2D eigenvalue weighted by molar-refractivity contribution is 6.06. The number of amides is 2. The molecule has 3 rings (SSSR count). The van der Waals surface area contributed by atoms with Crippen LogP contribution < -0.4 is 5.32 Å². The number of likely N-dealkylation sites (tertiary alicyclic amines) is 1. The molecule has 2 N–H and O–H groups in total. The molecule has 1 aliphatic rings. The van der Waals surface area contributed by atoms with E-state index in [-0.39, 0.29) is 18.4 Å². The van der Waals surface area contributed by atoms with Gasteiger partial charge < -0.3 is 15.2 Å². The van der Waals surface area contributed by atoms with Gasteiger partial charge in [0.1, 0.15) is 0 Å². The maximum absolute atomic E-state index is 12.2. The molecule has 0 spiro atoms. The van der Waals surface area contributed by atoms with Crippen LogP contribution >= 0.6 is 0 Å². The lowest BCUT2D eigenvalue weighted by atomic mass is 10.1. The number of aromatic amines is 1. The fourth-order valence-corrected chi connectivity index (χ4v) is 2.60. The molecule has 2 aromatic rings. The van der Waals surface area contributed by atoms with Crippen LogP contribution in [0.25, 0.3) is 10.9 Å². The predicted molar refractivity (Wildman–Crippen MR) is 76.4 cm³/mol. The average molecular weight is 271 g/mol. The minimum absolute atomic E-state index is 0.00508. The van der Waals surface area contributed by atoms with E-state index in [0.717, 1.165) is 36.8 Å². The number of benzene rings is 1. The summed E-state index contributed by atoms with van der Waals surface area (Å²) in [5.74, 6) is -0.222. The molecule has 104 valence electrons. The summed E-state index contributed by atoms with van der Waals surface area (Å²) >= 11 is 0. The summed E-state index contributed by atoms with van der Waals surface area (Å²) < 4.78 is 0. The van der Waals surface area contributed by atoms with E-state index in [1.165, 1.54) is 0 Å². The Labute approximate surface area is 117 Å². The van der Waals surface area contributed by atoms with Crippen LogP contribution in [0.3, 0.4) is 0 Å². The second kappa shape index (κ2) is 5.36. The van der Waals surface area contributed by atoms with Crippen LogP contribution in [-0.2, 0) is 4.79 Å². The van der Waals surface area contributed by atoms with Gasteiger partial charge >= 0.3 is 0 Å². The summed E-state index contributed by atoms with van der Waals surface area (Å²) in [7, 11) is 0. The van der Waals surface area contributed by atoms with Crippen LogP contribution in [0.1, 0.15) is 23.2 Å². The molecule has 20 heavy (non-hydrogen) atoms. The molecule has 1 aromatic carbocycles. The number of H-pyrrole nitrogens is 1. The molecule has 5 nitrogen and oxygen atoms in total. The zero-order valence-corrected chi connectivity index (χ0v) is 11.2. The van der Waals surface area contributed by atoms with Crippen molar-refractivity contribution in [1.29, 1.82) is 0 Å². The van der Waals surface area contributed by atoms with Gasteiger partial charge in [0.2, 0.25) is 5.91 Å². The Morgan fingerprint density at radius 1 is 1.20 bits per heavy atom. The third-order valence-electron chi connectivity index (χ3n) is 3.69. The number of nitrogens with one attached hydrogen (secondary N) is 2. The maximum Gasteiger partial charge on any atom is 0.253 e. The summed E-state index contributed by atoms with van der Waals surface area (Å²) in [5, 5.41) is 3.70. The molecule has 1 aliphatic heterocycles. The van der Waals surface area contributed by atoms with Crippen molar-refractivity contribution in [2.75, 3.05) is 19.6 Å². The monoisotopic (exact) mass is 271 g/mol. The van der Waals surface area contributed by atoms with Gasteiger partial charge in [0.15, 0.2) is 0 Å². The first-order valence-electron chi connectivity index (χ1n) is 6.88. The fourth-order valence-electron chi connectivity index (χ4n) is 2.60. The molecule has 0 unspecified atom stereocenters. The number of carbonyl (C=O) groups excluding carboxylic acids is 2. The fraction of sp³-hybridized carbons (Fsp3) is 0.333. The van der Waals surface area contributed by atoms with Gasteiger partial charge in [-0.05, 0) is 25.0 Å². The van der Waals surface area contributed by atoms with Gasteiger partial charge in [0.25, 0.3) is 5.91 Å². The molecule has 0 aliphatic carbocycles. The van der Waals surface area contributed by atoms with E-state index in [0.29, 0.717) is 5.56 Å². The smallest absolute Gasteiger partial charge is 0.253 e. The maximum atomic E-state index is 12.2. The second-order valence-corrected chi connectivity index (χ2v) is 5.02. The van der Waals surface area contributed by atoms with Crippen molar-refractivity contribution in [2.24, 2.45) is 0 Å². The van der Waals surface area contributed by atoms with Crippen LogP contribution in [0.5, 0.6) is 0 Å². The van der Waals surface area contributed by atoms with Crippen molar-refractivity contribution < 1.29 is 9.59 Å². The molecule has 0 saturated carbocycles. The van der Waals surface area contributed by atoms with E-state index in [1.54, 1.807) is 17.2 Å². The minimum atomic E-state index is -0.217. The Hall–Kier alpha value is -2.30. The van der Waals surface area contributed by atoms with Crippen molar-refractivity contribution in [3.8, 4) is 0 Å². The van der Waals surface area contributed by atoms with Crippen molar-refractivity contribution in [1.82, 2.24) is 15.2 Å². The lowest BCUT2D eigenvalue weighted by Crippen LogP contribution is -2.38. The zero-order valence-electron chi connectivity index (χ0n) is 11.2. The highest BCUT2D eigenvalue weighted by Gasteiger charge is 2.19. The van der Waals surface area contributed by atoms with E-state index in [4.69, 9.17) is 0 Å². The van der Waals surface area contributed by atoms with E-state index in [9.17, 15) is 9.59 Å². The number of aromatic nitrogens is 1. The van der Waals surface area contributed by atoms with Crippen molar-refractivity contribution in [3.63, 3.8) is 0 Å². The van der Waals surface area contributed by atoms with Gasteiger partial charge in [-0.15, -0.1) is 0 Å². The lowest BCUT2D eigenvalue weighted by molar-refractivity contribution is -0.129. The quantitative estimate of drug-likeness (QED) is 0.889. The van der Waals surface area contributed by atoms with Crippen molar-refractivity contribution in [3.05, 3.63) is 36.0 Å². The first kappa shape index (κ1) is 12.7. The number of carbonyl (C=O) groups is 2. The zero-order chi connectivity index (χ0) is 13.9. The molecule has 0 atom stereocenters. The average Bonchev–Trinajstić information content (AvgIpc) is 3.13. The Balaban J connectivity index is 1.67. The molecule has 1 aromatic heterocycles. The Bertz CT molecular complexity index is 641. The molecule has 1 saturated heterocycles. The number of para-hydroxylation sites is 1. The van der Waals surface area contributed by atoms with Gasteiger partial charge in [-0.3, -0.25) is 9.59 Å². The van der Waals surface area contributed by atoms with E-state index >= 15 is 0 Å². The van der Waals surface area contributed by atoms with Gasteiger partial charge in [0.05, 0.1) is 17.6 Å². The molecule has 0 radical (unpaired) electrons. The van der Waals surface area contributed by atoms with E-state index in [1.807, 2.05) is 18.2 Å². The SMILES string of the molecule is O=C(NCC(=O)N1CCCC1)c1cccc2cc[nH]c12. The molecular weight excluding hydrogens is 254 g/mol. The molecule has 1 fully saturated rings. The first-order valence-corrected chi connectivity index (χ1v) is 6.88. The van der Waals surface area contributed by atoms with Gasteiger partial charge in [-0.2, -0.15) is 0 Å². The third-order valence-corrected chi connectivity index (χ3v) is 3.69. The highest BCUT2D eigenvalue weighted by atomic mass is 16.2. The van der Waals surface area contributed by atoms with E-state index < -0.39 is 0 Å². The normalized spacial score (nSPS) is 14.7. The topological polar surface area (TPSA) is 65.2 Å². The van der Waals surface area contributed by atoms with Crippen molar-refractivity contribution in [2.45, 2.75) is 12.8 Å². The second-order valence-electron chi connectivity index (χ2n) is 5.02. The molecule has 5 heteroatoms. The number of nitrogens with zero attached hydrogens (tertiary/aromatic N) is 1. The van der Waals surface area contributed by atoms with Crippen LogP contribution in [0, 0.1) is 0 Å². The summed E-state index contributed by atoms with van der Waals surface area (Å²) in [4.78, 5) is 28.9. The number of rotatable bonds is 3. The van der Waals surface area contributed by atoms with Crippen LogP contribution in [0.2, 0.25) is 0 Å².